The van der Waals surface area contributed by atoms with Crippen LogP contribution < -0.4 is 0 Å². The summed E-state index contributed by atoms with van der Waals surface area (Å²) in [6, 6.07) is 0. The average molecular weight is 266 g/mol. The van der Waals surface area contributed by atoms with Gasteiger partial charge in [-0.05, 0) is 25.7 Å². The summed E-state index contributed by atoms with van der Waals surface area (Å²) in [5.74, 6) is -1.12. The summed E-state index contributed by atoms with van der Waals surface area (Å²) in [5, 5.41) is 0. The molecule has 3 nitrogen and oxygen atoms in total. The zero-order valence-electron chi connectivity index (χ0n) is 11.6. The molecule has 0 amide bonds. The van der Waals surface area contributed by atoms with E-state index >= 15 is 0 Å². The molecule has 0 aromatic carbocycles. The van der Waals surface area contributed by atoms with Crippen molar-refractivity contribution in [3.63, 3.8) is 0 Å². The van der Waals surface area contributed by atoms with Crippen molar-refractivity contribution < 1.29 is 17.7 Å². The van der Waals surface area contributed by atoms with E-state index in [1.54, 1.807) is 6.92 Å². The lowest BCUT2D eigenvalue weighted by atomic mass is 10.5. The Bertz CT molecular complexity index is 159. The van der Waals surface area contributed by atoms with Crippen LogP contribution in [0, 0.1) is 0 Å². The second-order valence-electron chi connectivity index (χ2n) is 4.02. The molecule has 0 radical (unpaired) electrons. The van der Waals surface area contributed by atoms with E-state index in [0.717, 1.165) is 19.3 Å². The normalized spacial score (nSPS) is 13.9. The highest BCUT2D eigenvalue weighted by atomic mass is 28.4. The zero-order valence-corrected chi connectivity index (χ0v) is 12.6. The SMILES string of the molecule is CCCO[Si](OCCC)(OCCC)C(F)CC. The van der Waals surface area contributed by atoms with E-state index in [4.69, 9.17) is 13.3 Å². The summed E-state index contributed by atoms with van der Waals surface area (Å²) < 4.78 is 31.1. The van der Waals surface area contributed by atoms with E-state index in [-0.39, 0.29) is 0 Å². The maximum absolute atomic E-state index is 14.1. The van der Waals surface area contributed by atoms with E-state index < -0.39 is 14.6 Å². The van der Waals surface area contributed by atoms with Crippen molar-refractivity contribution >= 4 is 8.80 Å². The zero-order chi connectivity index (χ0) is 13.1. The van der Waals surface area contributed by atoms with Crippen molar-refractivity contribution in [3.05, 3.63) is 0 Å². The van der Waals surface area contributed by atoms with Gasteiger partial charge in [0.05, 0.1) is 0 Å². The molecule has 0 saturated heterocycles. The third-order valence-electron chi connectivity index (χ3n) is 2.26. The molecule has 0 saturated carbocycles. The quantitative estimate of drug-likeness (QED) is 0.536. The van der Waals surface area contributed by atoms with Gasteiger partial charge in [-0.2, -0.15) is 0 Å². The summed E-state index contributed by atoms with van der Waals surface area (Å²) in [7, 11) is -3.13. The molecular weight excluding hydrogens is 239 g/mol. The average Bonchev–Trinajstić information content (AvgIpc) is 2.37. The first kappa shape index (κ1) is 17.0. The van der Waals surface area contributed by atoms with Gasteiger partial charge >= 0.3 is 8.80 Å². The molecule has 1 atom stereocenters. The first-order valence-electron chi connectivity index (χ1n) is 6.72. The van der Waals surface area contributed by atoms with Gasteiger partial charge in [0.25, 0.3) is 0 Å². The van der Waals surface area contributed by atoms with Crippen LogP contribution in [-0.2, 0) is 13.3 Å². The minimum Gasteiger partial charge on any atom is -0.372 e. The van der Waals surface area contributed by atoms with Crippen molar-refractivity contribution in [2.45, 2.75) is 59.2 Å². The Morgan fingerprint density at radius 2 is 1.18 bits per heavy atom. The lowest BCUT2D eigenvalue weighted by Gasteiger charge is -2.31. The van der Waals surface area contributed by atoms with E-state index in [0.29, 0.717) is 26.2 Å². The van der Waals surface area contributed by atoms with E-state index in [2.05, 4.69) is 0 Å². The van der Waals surface area contributed by atoms with Crippen LogP contribution in [0.4, 0.5) is 4.39 Å². The third-order valence-corrected chi connectivity index (χ3v) is 5.26. The summed E-state index contributed by atoms with van der Waals surface area (Å²) in [6.45, 7) is 9.29. The van der Waals surface area contributed by atoms with Crippen LogP contribution in [-0.4, -0.2) is 34.4 Å². The Balaban J connectivity index is 4.63. The summed E-state index contributed by atoms with van der Waals surface area (Å²) in [4.78, 5) is 0. The number of halogens is 1. The lowest BCUT2D eigenvalue weighted by molar-refractivity contribution is 0.0327. The Kier molecular flexibility index (Phi) is 10.0. The van der Waals surface area contributed by atoms with Gasteiger partial charge in [0.1, 0.15) is 0 Å². The molecule has 1 unspecified atom stereocenters. The fraction of sp³-hybridized carbons (Fsp3) is 1.00. The van der Waals surface area contributed by atoms with Crippen molar-refractivity contribution in [1.29, 1.82) is 0 Å². The Hall–Kier alpha value is 0.0269. The predicted octanol–water partition coefficient (Wildman–Crippen LogP) is 3.49. The van der Waals surface area contributed by atoms with Gasteiger partial charge in [-0.1, -0.05) is 27.7 Å². The molecule has 0 aliphatic rings. The summed E-state index contributed by atoms with van der Waals surface area (Å²) >= 11 is 0. The minimum absolute atomic E-state index is 0.378. The molecule has 0 bridgehead atoms. The van der Waals surface area contributed by atoms with Gasteiger partial charge < -0.3 is 13.3 Å². The molecule has 5 heteroatoms. The fourth-order valence-electron chi connectivity index (χ4n) is 1.38. The number of rotatable bonds is 11. The molecule has 0 spiro atoms. The molecule has 17 heavy (non-hydrogen) atoms. The molecule has 0 aromatic heterocycles. The minimum atomic E-state index is -3.13. The van der Waals surface area contributed by atoms with Gasteiger partial charge in [-0.15, -0.1) is 0 Å². The maximum Gasteiger partial charge on any atom is 0.537 e. The number of alkyl halides is 1. The molecule has 0 aliphatic carbocycles. The number of hydrogen-bond donors (Lipinski definition) is 0. The third kappa shape index (κ3) is 5.95. The first-order chi connectivity index (χ1) is 8.16. The van der Waals surface area contributed by atoms with Crippen LogP contribution in [0.3, 0.4) is 0 Å². The van der Waals surface area contributed by atoms with Gasteiger partial charge in [-0.25, -0.2) is 4.39 Å². The highest BCUT2D eigenvalue weighted by Gasteiger charge is 2.49. The van der Waals surface area contributed by atoms with Crippen LogP contribution in [0.1, 0.15) is 53.4 Å². The summed E-state index contributed by atoms with van der Waals surface area (Å²) in [5.41, 5.74) is 0. The highest BCUT2D eigenvalue weighted by molar-refractivity contribution is 6.62. The highest BCUT2D eigenvalue weighted by Crippen LogP contribution is 2.21. The van der Waals surface area contributed by atoms with Crippen LogP contribution in [0.25, 0.3) is 0 Å². The van der Waals surface area contributed by atoms with Gasteiger partial charge in [-0.3, -0.25) is 0 Å². The molecule has 0 N–H and O–H groups in total. The maximum atomic E-state index is 14.1. The molecular formula is C12H27FO3Si. The molecule has 0 rings (SSSR count). The van der Waals surface area contributed by atoms with Crippen molar-refractivity contribution in [1.82, 2.24) is 0 Å². The first-order valence-corrected chi connectivity index (χ1v) is 8.52. The predicted molar refractivity (Wildman–Crippen MR) is 69.7 cm³/mol. The lowest BCUT2D eigenvalue weighted by Crippen LogP contribution is -2.55. The van der Waals surface area contributed by atoms with Crippen molar-refractivity contribution in [2.24, 2.45) is 0 Å². The van der Waals surface area contributed by atoms with Gasteiger partial charge in [0.2, 0.25) is 0 Å². The second kappa shape index (κ2) is 10.00. The van der Waals surface area contributed by atoms with Crippen LogP contribution in [0.2, 0.25) is 0 Å². The Morgan fingerprint density at radius 1 is 0.824 bits per heavy atom. The molecule has 0 heterocycles. The van der Waals surface area contributed by atoms with Crippen LogP contribution in [0.5, 0.6) is 0 Å². The monoisotopic (exact) mass is 266 g/mol. The molecule has 0 aliphatic heterocycles. The second-order valence-corrected chi connectivity index (χ2v) is 6.72. The van der Waals surface area contributed by atoms with Gasteiger partial charge in [0.15, 0.2) is 5.79 Å². The van der Waals surface area contributed by atoms with E-state index in [1.165, 1.54) is 0 Å². The largest absolute Gasteiger partial charge is 0.537 e. The number of hydrogen-bond acceptors (Lipinski definition) is 3. The summed E-state index contributed by atoms with van der Waals surface area (Å²) in [6.07, 6.45) is 2.91. The van der Waals surface area contributed by atoms with Gasteiger partial charge in [0, 0.05) is 19.8 Å². The Morgan fingerprint density at radius 3 is 1.41 bits per heavy atom. The molecule has 0 aromatic rings. The van der Waals surface area contributed by atoms with Crippen molar-refractivity contribution in [3.8, 4) is 0 Å². The van der Waals surface area contributed by atoms with Crippen molar-refractivity contribution in [2.75, 3.05) is 19.8 Å². The smallest absolute Gasteiger partial charge is 0.372 e. The standard InChI is InChI=1S/C12H27FO3Si/c1-5-9-14-17(12(13)8-4,15-10-6-2)16-11-7-3/h12H,5-11H2,1-4H3. The van der Waals surface area contributed by atoms with E-state index in [9.17, 15) is 4.39 Å². The Labute approximate surface area is 106 Å². The van der Waals surface area contributed by atoms with Crippen LogP contribution >= 0.6 is 0 Å². The molecule has 0 fully saturated rings. The molecule has 104 valence electrons. The fourth-order valence-corrected chi connectivity index (χ4v) is 4.14. The topological polar surface area (TPSA) is 27.7 Å². The van der Waals surface area contributed by atoms with Crippen LogP contribution in [0.15, 0.2) is 0 Å². The van der Waals surface area contributed by atoms with E-state index in [1.807, 2.05) is 20.8 Å².